The van der Waals surface area contributed by atoms with Gasteiger partial charge in [-0.3, -0.25) is 10.1 Å². The number of fused-ring (bicyclic) bond motifs is 2. The summed E-state index contributed by atoms with van der Waals surface area (Å²) in [5.41, 5.74) is 7.96. The number of likely N-dealkylation sites (tertiary alicyclic amines) is 1. The van der Waals surface area contributed by atoms with Crippen molar-refractivity contribution < 1.29 is 4.39 Å². The third-order valence-electron chi connectivity index (χ3n) is 7.58. The summed E-state index contributed by atoms with van der Waals surface area (Å²) in [6.45, 7) is 3.62. The van der Waals surface area contributed by atoms with Crippen LogP contribution in [0.15, 0.2) is 73.2 Å². The highest BCUT2D eigenvalue weighted by molar-refractivity contribution is 5.97. The Morgan fingerprint density at radius 1 is 0.923 bits per heavy atom. The third-order valence-corrected chi connectivity index (χ3v) is 7.58. The van der Waals surface area contributed by atoms with Gasteiger partial charge in [0.2, 0.25) is 0 Å². The molecule has 5 heterocycles. The Morgan fingerprint density at radius 3 is 2.74 bits per heavy atom. The van der Waals surface area contributed by atoms with Gasteiger partial charge in [0, 0.05) is 35.1 Å². The maximum Gasteiger partial charge on any atom is 0.178 e. The van der Waals surface area contributed by atoms with Crippen LogP contribution in [0, 0.1) is 5.82 Å². The minimum atomic E-state index is -0.284. The Hall–Kier alpha value is -4.43. The first-order valence-corrected chi connectivity index (χ1v) is 13.5. The van der Waals surface area contributed by atoms with E-state index in [1.807, 2.05) is 30.6 Å². The van der Waals surface area contributed by atoms with Gasteiger partial charge in [0.25, 0.3) is 0 Å². The molecule has 6 aromatic rings. The lowest BCUT2D eigenvalue weighted by atomic mass is 10.0. The van der Waals surface area contributed by atoms with E-state index < -0.39 is 0 Å². The number of aryl methyl sites for hydroxylation is 1. The van der Waals surface area contributed by atoms with Gasteiger partial charge in [-0.25, -0.2) is 14.4 Å². The van der Waals surface area contributed by atoms with Crippen LogP contribution in [0.2, 0.25) is 0 Å². The lowest BCUT2D eigenvalue weighted by Gasteiger charge is -2.14. The molecule has 0 radical (unpaired) electrons. The maximum atomic E-state index is 13.9. The molecule has 7 nitrogen and oxygen atoms in total. The summed E-state index contributed by atoms with van der Waals surface area (Å²) in [7, 11) is 0. The molecule has 4 aromatic heterocycles. The molecular formula is C31H28FN7. The monoisotopic (exact) mass is 517 g/mol. The minimum Gasteiger partial charge on any atom is -0.335 e. The highest BCUT2D eigenvalue weighted by atomic mass is 19.1. The normalized spacial score (nSPS) is 14.1. The first-order chi connectivity index (χ1) is 19.2. The number of nitrogens with one attached hydrogen (secondary N) is 2. The van der Waals surface area contributed by atoms with Crippen LogP contribution >= 0.6 is 0 Å². The van der Waals surface area contributed by atoms with Crippen molar-refractivity contribution in [3.63, 3.8) is 0 Å². The molecule has 0 atom stereocenters. The summed E-state index contributed by atoms with van der Waals surface area (Å²) in [5, 5.41) is 8.67. The van der Waals surface area contributed by atoms with E-state index in [1.54, 1.807) is 12.3 Å². The highest BCUT2D eigenvalue weighted by Crippen LogP contribution is 2.33. The smallest absolute Gasteiger partial charge is 0.178 e. The van der Waals surface area contributed by atoms with Crippen LogP contribution in [0.3, 0.4) is 0 Å². The average Bonchev–Trinajstić information content (AvgIpc) is 3.72. The third kappa shape index (κ3) is 4.68. The quantitative estimate of drug-likeness (QED) is 0.256. The molecule has 0 saturated carbocycles. The number of H-pyrrole nitrogens is 2. The fraction of sp³-hybridized carbons (Fsp3) is 0.226. The molecule has 0 amide bonds. The lowest BCUT2D eigenvalue weighted by molar-refractivity contribution is 0.334. The Balaban J connectivity index is 1.20. The number of rotatable bonds is 7. The van der Waals surface area contributed by atoms with E-state index >= 15 is 0 Å². The SMILES string of the molecule is Fc1cccc(-c2ccnc3nc(-c4n[nH]c5ccc(-c6cncc(CCCN7CCCC7)c6)cc45)[nH]c23)c1. The van der Waals surface area contributed by atoms with E-state index in [1.165, 1.54) is 43.6 Å². The average molecular weight is 518 g/mol. The summed E-state index contributed by atoms with van der Waals surface area (Å²) >= 11 is 0. The van der Waals surface area contributed by atoms with Gasteiger partial charge in [-0.05, 0) is 98.4 Å². The molecule has 194 valence electrons. The zero-order valence-electron chi connectivity index (χ0n) is 21.5. The van der Waals surface area contributed by atoms with E-state index in [9.17, 15) is 4.39 Å². The Morgan fingerprint density at radius 2 is 1.85 bits per heavy atom. The number of benzene rings is 2. The van der Waals surface area contributed by atoms with Gasteiger partial charge in [0.1, 0.15) is 11.5 Å². The van der Waals surface area contributed by atoms with Gasteiger partial charge < -0.3 is 9.88 Å². The van der Waals surface area contributed by atoms with Crippen LogP contribution < -0.4 is 0 Å². The van der Waals surface area contributed by atoms with Crippen molar-refractivity contribution >= 4 is 22.1 Å². The number of pyridine rings is 2. The second-order valence-corrected chi connectivity index (χ2v) is 10.2. The van der Waals surface area contributed by atoms with Crippen LogP contribution in [0.1, 0.15) is 24.8 Å². The minimum absolute atomic E-state index is 0.284. The molecule has 1 aliphatic heterocycles. The molecule has 0 unspecified atom stereocenters. The molecule has 0 aliphatic carbocycles. The number of imidazole rings is 1. The second kappa shape index (κ2) is 10.0. The number of hydrogen-bond acceptors (Lipinski definition) is 5. The molecule has 0 spiro atoms. The number of halogens is 1. The highest BCUT2D eigenvalue weighted by Gasteiger charge is 2.17. The van der Waals surface area contributed by atoms with E-state index in [2.05, 4.69) is 48.2 Å². The summed E-state index contributed by atoms with van der Waals surface area (Å²) < 4.78 is 13.9. The van der Waals surface area contributed by atoms with Crippen molar-refractivity contribution in [3.05, 3.63) is 84.6 Å². The maximum absolute atomic E-state index is 13.9. The summed E-state index contributed by atoms with van der Waals surface area (Å²) in [4.78, 5) is 19.7. The number of aromatic amines is 2. The van der Waals surface area contributed by atoms with Crippen molar-refractivity contribution in [1.82, 2.24) is 35.0 Å². The largest absolute Gasteiger partial charge is 0.335 e. The van der Waals surface area contributed by atoms with E-state index in [0.29, 0.717) is 17.2 Å². The molecule has 2 aromatic carbocycles. The number of nitrogens with zero attached hydrogens (tertiary/aromatic N) is 5. The Kier molecular flexibility index (Phi) is 6.09. The van der Waals surface area contributed by atoms with E-state index in [0.717, 1.165) is 58.1 Å². The molecule has 7 rings (SSSR count). The standard InChI is InChI=1S/C31H28FN7/c32-24-7-3-6-22(16-24)25-10-11-34-30-28(25)35-31(36-30)29-26-17-21(8-9-27(26)37-38-29)23-15-20(18-33-19-23)5-4-14-39-12-1-2-13-39/h3,6-11,15-19H,1-2,4-5,12-14H2,(H,37,38)(H,34,35,36). The molecular weight excluding hydrogens is 489 g/mol. The first kappa shape index (κ1) is 23.7. The van der Waals surface area contributed by atoms with Crippen LogP contribution in [0.5, 0.6) is 0 Å². The number of aromatic nitrogens is 6. The van der Waals surface area contributed by atoms with Crippen molar-refractivity contribution in [1.29, 1.82) is 0 Å². The van der Waals surface area contributed by atoms with Gasteiger partial charge >= 0.3 is 0 Å². The molecule has 1 fully saturated rings. The predicted molar refractivity (Wildman–Crippen MR) is 152 cm³/mol. The van der Waals surface area contributed by atoms with Crippen LogP contribution in [-0.4, -0.2) is 54.7 Å². The molecule has 39 heavy (non-hydrogen) atoms. The Labute approximate surface area is 225 Å². The van der Waals surface area contributed by atoms with Gasteiger partial charge in [0.15, 0.2) is 11.5 Å². The molecule has 0 bridgehead atoms. The summed E-state index contributed by atoms with van der Waals surface area (Å²) in [5.74, 6) is 0.326. The molecule has 8 heteroatoms. The van der Waals surface area contributed by atoms with Crippen molar-refractivity contribution in [2.45, 2.75) is 25.7 Å². The van der Waals surface area contributed by atoms with Crippen LogP contribution in [0.4, 0.5) is 4.39 Å². The van der Waals surface area contributed by atoms with Gasteiger partial charge in [-0.1, -0.05) is 18.2 Å². The van der Waals surface area contributed by atoms with E-state index in [4.69, 9.17) is 4.98 Å². The summed E-state index contributed by atoms with van der Waals surface area (Å²) in [6, 6.07) is 16.9. The summed E-state index contributed by atoms with van der Waals surface area (Å²) in [6.07, 6.45) is 10.4. The van der Waals surface area contributed by atoms with Crippen LogP contribution in [-0.2, 0) is 6.42 Å². The van der Waals surface area contributed by atoms with Crippen LogP contribution in [0.25, 0.3) is 55.8 Å². The Bertz CT molecular complexity index is 1780. The first-order valence-electron chi connectivity index (χ1n) is 13.5. The fourth-order valence-electron chi connectivity index (χ4n) is 5.59. The van der Waals surface area contributed by atoms with Crippen molar-refractivity contribution in [2.24, 2.45) is 0 Å². The zero-order chi connectivity index (χ0) is 26.2. The van der Waals surface area contributed by atoms with Gasteiger partial charge in [-0.15, -0.1) is 0 Å². The van der Waals surface area contributed by atoms with Gasteiger partial charge in [0.05, 0.1) is 11.0 Å². The lowest BCUT2D eigenvalue weighted by Crippen LogP contribution is -2.20. The zero-order valence-corrected chi connectivity index (χ0v) is 21.5. The topological polar surface area (TPSA) is 86.4 Å². The van der Waals surface area contributed by atoms with Crippen molar-refractivity contribution in [3.8, 4) is 33.8 Å². The number of hydrogen-bond donors (Lipinski definition) is 2. The molecule has 1 saturated heterocycles. The van der Waals surface area contributed by atoms with E-state index in [-0.39, 0.29) is 5.82 Å². The molecule has 2 N–H and O–H groups in total. The predicted octanol–water partition coefficient (Wildman–Crippen LogP) is 6.40. The van der Waals surface area contributed by atoms with Crippen molar-refractivity contribution in [2.75, 3.05) is 19.6 Å². The second-order valence-electron chi connectivity index (χ2n) is 10.2. The molecule has 1 aliphatic rings. The fourth-order valence-corrected chi connectivity index (χ4v) is 5.59. The van der Waals surface area contributed by atoms with Gasteiger partial charge in [-0.2, -0.15) is 5.10 Å².